The molecule has 1 rings (SSSR count). The van der Waals surface area contributed by atoms with E-state index in [1.807, 2.05) is 13.8 Å². The molecule has 1 amide bonds. The fourth-order valence-electron chi connectivity index (χ4n) is 1.14. The van der Waals surface area contributed by atoms with E-state index in [1.165, 1.54) is 0 Å². The lowest BCUT2D eigenvalue weighted by Crippen LogP contribution is -2.35. The van der Waals surface area contributed by atoms with Crippen molar-refractivity contribution in [2.75, 3.05) is 6.61 Å². The monoisotopic (exact) mass is 185 g/mol. The van der Waals surface area contributed by atoms with Crippen molar-refractivity contribution in [1.82, 2.24) is 5.32 Å². The van der Waals surface area contributed by atoms with Crippen molar-refractivity contribution in [3.63, 3.8) is 0 Å². The van der Waals surface area contributed by atoms with Crippen LogP contribution >= 0.6 is 0 Å². The first-order valence-electron chi connectivity index (χ1n) is 4.55. The summed E-state index contributed by atoms with van der Waals surface area (Å²) in [6.45, 7) is 4.37. The van der Waals surface area contributed by atoms with Gasteiger partial charge in [-0.3, -0.25) is 4.79 Å². The zero-order valence-corrected chi connectivity index (χ0v) is 8.00. The number of ether oxygens (including phenoxy) is 1. The molecule has 1 fully saturated rings. The maximum absolute atomic E-state index is 11.3. The van der Waals surface area contributed by atoms with E-state index in [4.69, 9.17) is 4.74 Å². The minimum atomic E-state index is -0.411. The third-order valence-electron chi connectivity index (χ3n) is 1.84. The molecule has 0 radical (unpaired) electrons. The number of hydrogen-bond donors (Lipinski definition) is 1. The largest absolute Gasteiger partial charge is 0.464 e. The fourth-order valence-corrected chi connectivity index (χ4v) is 1.14. The van der Waals surface area contributed by atoms with Crippen LogP contribution in [0.5, 0.6) is 0 Å². The van der Waals surface area contributed by atoms with Crippen LogP contribution in [0, 0.1) is 5.92 Å². The third-order valence-corrected chi connectivity index (χ3v) is 1.84. The summed E-state index contributed by atoms with van der Waals surface area (Å²) < 4.78 is 4.98. The first kappa shape index (κ1) is 10.0. The highest BCUT2D eigenvalue weighted by Gasteiger charge is 2.28. The second-order valence-corrected chi connectivity index (χ2v) is 3.68. The van der Waals surface area contributed by atoms with Crippen LogP contribution in [0.15, 0.2) is 0 Å². The van der Waals surface area contributed by atoms with Crippen molar-refractivity contribution in [3.8, 4) is 0 Å². The van der Waals surface area contributed by atoms with Gasteiger partial charge in [0.15, 0.2) is 0 Å². The van der Waals surface area contributed by atoms with Gasteiger partial charge in [-0.05, 0) is 12.3 Å². The van der Waals surface area contributed by atoms with E-state index in [0.717, 1.165) is 0 Å². The van der Waals surface area contributed by atoms with Crippen LogP contribution in [0.2, 0.25) is 0 Å². The van der Waals surface area contributed by atoms with E-state index in [1.54, 1.807) is 0 Å². The highest BCUT2D eigenvalue weighted by molar-refractivity contribution is 5.87. The lowest BCUT2D eigenvalue weighted by atomic mass is 10.2. The zero-order valence-electron chi connectivity index (χ0n) is 8.00. The topological polar surface area (TPSA) is 55.4 Å². The molecule has 0 aliphatic carbocycles. The number of amides is 1. The fraction of sp³-hybridized carbons (Fsp3) is 0.778. The lowest BCUT2D eigenvalue weighted by molar-refractivity contribution is -0.147. The maximum atomic E-state index is 11.3. The van der Waals surface area contributed by atoms with Gasteiger partial charge < -0.3 is 10.1 Å². The van der Waals surface area contributed by atoms with Crippen LogP contribution in [0.25, 0.3) is 0 Å². The normalized spacial score (nSPS) is 21.8. The molecule has 1 unspecified atom stereocenters. The molecule has 1 N–H and O–H groups in total. The van der Waals surface area contributed by atoms with Crippen molar-refractivity contribution in [2.24, 2.45) is 5.92 Å². The molecule has 0 saturated carbocycles. The van der Waals surface area contributed by atoms with Crippen molar-refractivity contribution < 1.29 is 14.3 Å². The summed E-state index contributed by atoms with van der Waals surface area (Å²) in [4.78, 5) is 22.0. The SMILES string of the molecule is CC(C)COC(=O)C1CCC(=O)N1. The van der Waals surface area contributed by atoms with Crippen LogP contribution < -0.4 is 5.32 Å². The van der Waals surface area contributed by atoms with Gasteiger partial charge in [0.25, 0.3) is 0 Å². The minimum absolute atomic E-state index is 0.0634. The van der Waals surface area contributed by atoms with Crippen molar-refractivity contribution in [3.05, 3.63) is 0 Å². The first-order chi connectivity index (χ1) is 6.09. The van der Waals surface area contributed by atoms with Crippen molar-refractivity contribution in [2.45, 2.75) is 32.7 Å². The summed E-state index contributed by atoms with van der Waals surface area (Å²) >= 11 is 0. The standard InChI is InChI=1S/C9H15NO3/c1-6(2)5-13-9(12)7-3-4-8(11)10-7/h6-7H,3-5H2,1-2H3,(H,10,11). The van der Waals surface area contributed by atoms with Crippen molar-refractivity contribution >= 4 is 11.9 Å². The Labute approximate surface area is 77.6 Å². The van der Waals surface area contributed by atoms with Crippen LogP contribution in [-0.4, -0.2) is 24.5 Å². The highest BCUT2D eigenvalue weighted by atomic mass is 16.5. The van der Waals surface area contributed by atoms with E-state index < -0.39 is 6.04 Å². The van der Waals surface area contributed by atoms with Gasteiger partial charge in [0.2, 0.25) is 5.91 Å². The van der Waals surface area contributed by atoms with Gasteiger partial charge in [-0.1, -0.05) is 13.8 Å². The Morgan fingerprint density at radius 1 is 1.69 bits per heavy atom. The average Bonchev–Trinajstić information content (AvgIpc) is 2.47. The van der Waals surface area contributed by atoms with Gasteiger partial charge in [0.05, 0.1) is 6.61 Å². The number of esters is 1. The van der Waals surface area contributed by atoms with Crippen LogP contribution in [0.1, 0.15) is 26.7 Å². The highest BCUT2D eigenvalue weighted by Crippen LogP contribution is 2.08. The molecule has 4 nitrogen and oxygen atoms in total. The molecular formula is C9H15NO3. The zero-order chi connectivity index (χ0) is 9.84. The van der Waals surface area contributed by atoms with E-state index in [-0.39, 0.29) is 11.9 Å². The predicted octanol–water partition coefficient (Wildman–Crippen LogP) is 0.464. The predicted molar refractivity (Wildman–Crippen MR) is 47.0 cm³/mol. The molecule has 1 saturated heterocycles. The summed E-state index contributed by atoms with van der Waals surface area (Å²) in [6, 6.07) is -0.411. The number of rotatable bonds is 3. The molecule has 1 aliphatic rings. The molecule has 1 atom stereocenters. The summed E-state index contributed by atoms with van der Waals surface area (Å²) in [5.74, 6) is -0.0351. The number of carbonyl (C=O) groups is 2. The molecule has 0 aromatic carbocycles. The maximum Gasteiger partial charge on any atom is 0.328 e. The van der Waals surface area contributed by atoms with Crippen LogP contribution in [0.4, 0.5) is 0 Å². The van der Waals surface area contributed by atoms with Gasteiger partial charge >= 0.3 is 5.97 Å². The van der Waals surface area contributed by atoms with Crippen molar-refractivity contribution in [1.29, 1.82) is 0 Å². The Hall–Kier alpha value is -1.06. The van der Waals surface area contributed by atoms with Gasteiger partial charge in [0, 0.05) is 6.42 Å². The smallest absolute Gasteiger partial charge is 0.328 e. The van der Waals surface area contributed by atoms with Crippen LogP contribution in [-0.2, 0) is 14.3 Å². The van der Waals surface area contributed by atoms with Gasteiger partial charge in [-0.2, -0.15) is 0 Å². The molecule has 13 heavy (non-hydrogen) atoms. The second kappa shape index (κ2) is 4.25. The molecular weight excluding hydrogens is 170 g/mol. The summed E-state index contributed by atoms with van der Waals surface area (Å²) in [6.07, 6.45) is 0.997. The molecule has 4 heteroatoms. The quantitative estimate of drug-likeness (QED) is 0.650. The molecule has 0 bridgehead atoms. The molecule has 0 aromatic heterocycles. The number of carbonyl (C=O) groups excluding carboxylic acids is 2. The summed E-state index contributed by atoms with van der Waals surface area (Å²) in [5.41, 5.74) is 0. The van der Waals surface area contributed by atoms with E-state index in [9.17, 15) is 9.59 Å². The molecule has 1 heterocycles. The second-order valence-electron chi connectivity index (χ2n) is 3.68. The van der Waals surface area contributed by atoms with Gasteiger partial charge in [-0.25, -0.2) is 4.79 Å². The number of nitrogens with one attached hydrogen (secondary N) is 1. The van der Waals surface area contributed by atoms with E-state index in [0.29, 0.717) is 25.4 Å². The summed E-state index contributed by atoms with van der Waals surface area (Å²) in [5, 5.41) is 2.56. The van der Waals surface area contributed by atoms with E-state index in [2.05, 4.69) is 5.32 Å². The average molecular weight is 185 g/mol. The Balaban J connectivity index is 2.27. The molecule has 0 aromatic rings. The molecule has 74 valence electrons. The molecule has 1 aliphatic heterocycles. The van der Waals surface area contributed by atoms with Gasteiger partial charge in [-0.15, -0.1) is 0 Å². The third kappa shape index (κ3) is 3.05. The lowest BCUT2D eigenvalue weighted by Gasteiger charge is -2.11. The van der Waals surface area contributed by atoms with Crippen LogP contribution in [0.3, 0.4) is 0 Å². The first-order valence-corrected chi connectivity index (χ1v) is 4.55. The molecule has 0 spiro atoms. The minimum Gasteiger partial charge on any atom is -0.464 e. The van der Waals surface area contributed by atoms with E-state index >= 15 is 0 Å². The Kier molecular flexibility index (Phi) is 3.28. The Bertz CT molecular complexity index is 213. The summed E-state index contributed by atoms with van der Waals surface area (Å²) in [7, 11) is 0. The Morgan fingerprint density at radius 3 is 2.85 bits per heavy atom. The van der Waals surface area contributed by atoms with Gasteiger partial charge in [0.1, 0.15) is 6.04 Å². The number of hydrogen-bond acceptors (Lipinski definition) is 3. The Morgan fingerprint density at radius 2 is 2.38 bits per heavy atom.